The number of nitrogens with one attached hydrogen (secondary N) is 2. The van der Waals surface area contributed by atoms with Crippen LogP contribution in [0.4, 0.5) is 4.79 Å². The van der Waals surface area contributed by atoms with Crippen molar-refractivity contribution in [3.8, 4) is 0 Å². The van der Waals surface area contributed by atoms with Crippen LogP contribution in [0.25, 0.3) is 0 Å². The zero-order chi connectivity index (χ0) is 24.4. The minimum atomic E-state index is -0.574. The smallest absolute Gasteiger partial charge is 0.322 e. The Hall–Kier alpha value is -2.83. The van der Waals surface area contributed by atoms with Gasteiger partial charge in [-0.25, -0.2) is 4.79 Å². The number of hydrogen-bond acceptors (Lipinski definition) is 3. The van der Waals surface area contributed by atoms with E-state index in [1.54, 1.807) is 9.80 Å². The zero-order valence-corrected chi connectivity index (χ0v) is 21.0. The molecule has 180 valence electrons. The summed E-state index contributed by atoms with van der Waals surface area (Å²) in [4.78, 5) is 43.3. The molecule has 0 fully saturated rings. The third-order valence-electron chi connectivity index (χ3n) is 6.36. The van der Waals surface area contributed by atoms with Gasteiger partial charge in [0.2, 0.25) is 5.91 Å². The highest BCUT2D eigenvalue weighted by atomic mass is 16.2. The van der Waals surface area contributed by atoms with E-state index in [9.17, 15) is 14.4 Å². The molecule has 2 N–H and O–H groups in total. The number of benzene rings is 1. The summed E-state index contributed by atoms with van der Waals surface area (Å²) in [6.45, 7) is 15.4. The Balaban J connectivity index is 2.00. The molecule has 0 bridgehead atoms. The van der Waals surface area contributed by atoms with E-state index in [1.165, 1.54) is 0 Å². The molecule has 7 heteroatoms. The molecule has 2 atom stereocenters. The molecule has 0 aromatic heterocycles. The number of aryl methyl sites for hydroxylation is 2. The molecule has 3 rings (SSSR count). The van der Waals surface area contributed by atoms with Crippen LogP contribution in [0.1, 0.15) is 63.8 Å². The van der Waals surface area contributed by atoms with Crippen molar-refractivity contribution >= 4 is 17.8 Å². The predicted octanol–water partition coefficient (Wildman–Crippen LogP) is 3.67. The highest BCUT2D eigenvalue weighted by Crippen LogP contribution is 2.38. The molecule has 0 radical (unpaired) electrons. The highest BCUT2D eigenvalue weighted by molar-refractivity contribution is 6.03. The van der Waals surface area contributed by atoms with E-state index in [0.717, 1.165) is 16.7 Å². The molecule has 2 aliphatic rings. The fourth-order valence-electron chi connectivity index (χ4n) is 4.73. The fraction of sp³-hybridized carbons (Fsp3) is 0.577. The quantitative estimate of drug-likeness (QED) is 0.629. The summed E-state index contributed by atoms with van der Waals surface area (Å²) in [6, 6.07) is 4.74. The Labute approximate surface area is 197 Å². The standard InChI is InChI=1S/C26H38N4O3/c1-8-29-21-14-30(20(11-15(2)3)24(31)27-13-16(4)5)25(32)22(21)23(28-26(29)33)19-10-9-17(6)12-18(19)7/h9-10,12,15-16,20,23H,8,11,13-14H2,1-7H3,(H,27,31)(H,28,33)/t20-,23+/m0/s1. The van der Waals surface area contributed by atoms with Gasteiger partial charge in [0.1, 0.15) is 6.04 Å². The second-order valence-corrected chi connectivity index (χ2v) is 10.1. The molecule has 2 heterocycles. The lowest BCUT2D eigenvalue weighted by Gasteiger charge is -2.33. The molecule has 0 unspecified atom stereocenters. The first kappa shape index (κ1) is 24.8. The molecular formula is C26H38N4O3. The minimum Gasteiger partial charge on any atom is -0.354 e. The SMILES string of the molecule is CCN1C(=O)N[C@H](c2ccc(C)cc2C)C2=C1CN([C@@H](CC(C)C)C(=O)NCC(C)C)C2=O. The van der Waals surface area contributed by atoms with Crippen molar-refractivity contribution in [2.45, 2.75) is 67.0 Å². The monoisotopic (exact) mass is 454 g/mol. The number of amides is 4. The maximum atomic E-state index is 13.8. The molecule has 1 aromatic carbocycles. The summed E-state index contributed by atoms with van der Waals surface area (Å²) in [6.07, 6.45) is 0.567. The van der Waals surface area contributed by atoms with Gasteiger partial charge in [-0.05, 0) is 50.2 Å². The fourth-order valence-corrected chi connectivity index (χ4v) is 4.73. The molecular weight excluding hydrogens is 416 g/mol. The summed E-state index contributed by atoms with van der Waals surface area (Å²) in [5.41, 5.74) is 4.35. The van der Waals surface area contributed by atoms with Crippen LogP contribution in [-0.4, -0.2) is 53.3 Å². The molecule has 0 aliphatic carbocycles. The summed E-state index contributed by atoms with van der Waals surface area (Å²) < 4.78 is 0. The minimum absolute atomic E-state index is 0.129. The van der Waals surface area contributed by atoms with Crippen LogP contribution in [0, 0.1) is 25.7 Å². The van der Waals surface area contributed by atoms with Crippen LogP contribution in [0.5, 0.6) is 0 Å². The average Bonchev–Trinajstić information content (AvgIpc) is 3.06. The largest absolute Gasteiger partial charge is 0.354 e. The maximum absolute atomic E-state index is 13.8. The Morgan fingerprint density at radius 2 is 1.85 bits per heavy atom. The van der Waals surface area contributed by atoms with Gasteiger partial charge < -0.3 is 15.5 Å². The second kappa shape index (κ2) is 9.98. The van der Waals surface area contributed by atoms with Crippen molar-refractivity contribution in [2.24, 2.45) is 11.8 Å². The van der Waals surface area contributed by atoms with E-state index in [4.69, 9.17) is 0 Å². The van der Waals surface area contributed by atoms with Gasteiger partial charge in [0.25, 0.3) is 5.91 Å². The van der Waals surface area contributed by atoms with Gasteiger partial charge in [0, 0.05) is 13.1 Å². The van der Waals surface area contributed by atoms with E-state index in [-0.39, 0.29) is 30.3 Å². The molecule has 4 amide bonds. The van der Waals surface area contributed by atoms with Gasteiger partial charge >= 0.3 is 6.03 Å². The Morgan fingerprint density at radius 3 is 2.42 bits per heavy atom. The normalized spacial score (nSPS) is 19.4. The van der Waals surface area contributed by atoms with E-state index >= 15 is 0 Å². The first-order chi connectivity index (χ1) is 15.5. The van der Waals surface area contributed by atoms with E-state index < -0.39 is 12.1 Å². The summed E-state index contributed by atoms with van der Waals surface area (Å²) in [7, 11) is 0. The van der Waals surface area contributed by atoms with Crippen molar-refractivity contribution in [2.75, 3.05) is 19.6 Å². The van der Waals surface area contributed by atoms with Crippen LogP contribution < -0.4 is 10.6 Å². The van der Waals surface area contributed by atoms with Crippen molar-refractivity contribution in [3.63, 3.8) is 0 Å². The number of urea groups is 1. The van der Waals surface area contributed by atoms with Crippen LogP contribution in [-0.2, 0) is 9.59 Å². The Bertz CT molecular complexity index is 966. The molecule has 0 saturated carbocycles. The first-order valence-electron chi connectivity index (χ1n) is 12.0. The lowest BCUT2D eigenvalue weighted by atomic mass is 9.91. The van der Waals surface area contributed by atoms with E-state index in [1.807, 2.05) is 46.8 Å². The van der Waals surface area contributed by atoms with Crippen molar-refractivity contribution < 1.29 is 14.4 Å². The number of likely N-dealkylation sites (N-methyl/N-ethyl adjacent to an activating group) is 1. The molecule has 2 aliphatic heterocycles. The van der Waals surface area contributed by atoms with Crippen molar-refractivity contribution in [3.05, 3.63) is 46.2 Å². The number of rotatable bonds is 8. The second-order valence-electron chi connectivity index (χ2n) is 10.1. The molecule has 0 spiro atoms. The highest BCUT2D eigenvalue weighted by Gasteiger charge is 2.47. The van der Waals surface area contributed by atoms with Gasteiger partial charge in [-0.15, -0.1) is 0 Å². The predicted molar refractivity (Wildman–Crippen MR) is 129 cm³/mol. The average molecular weight is 455 g/mol. The Morgan fingerprint density at radius 1 is 1.15 bits per heavy atom. The number of carbonyl (C=O) groups excluding carboxylic acids is 3. The van der Waals surface area contributed by atoms with Crippen LogP contribution >= 0.6 is 0 Å². The topological polar surface area (TPSA) is 81.8 Å². The lowest BCUT2D eigenvalue weighted by molar-refractivity contribution is -0.137. The number of carbonyl (C=O) groups is 3. The van der Waals surface area contributed by atoms with Crippen molar-refractivity contribution in [1.29, 1.82) is 0 Å². The number of nitrogens with zero attached hydrogens (tertiary/aromatic N) is 2. The van der Waals surface area contributed by atoms with Gasteiger partial charge in [-0.2, -0.15) is 0 Å². The maximum Gasteiger partial charge on any atom is 0.322 e. The summed E-state index contributed by atoms with van der Waals surface area (Å²) >= 11 is 0. The van der Waals surface area contributed by atoms with Crippen LogP contribution in [0.3, 0.4) is 0 Å². The molecule has 0 saturated heterocycles. The van der Waals surface area contributed by atoms with E-state index in [0.29, 0.717) is 36.7 Å². The Kier molecular flexibility index (Phi) is 7.50. The summed E-state index contributed by atoms with van der Waals surface area (Å²) in [5.74, 6) is 0.262. The summed E-state index contributed by atoms with van der Waals surface area (Å²) in [5, 5.41) is 6.06. The van der Waals surface area contributed by atoms with Gasteiger partial charge in [-0.1, -0.05) is 51.5 Å². The molecule has 7 nitrogen and oxygen atoms in total. The zero-order valence-electron chi connectivity index (χ0n) is 21.0. The van der Waals surface area contributed by atoms with Gasteiger partial charge in [0.05, 0.1) is 23.9 Å². The third-order valence-corrected chi connectivity index (χ3v) is 6.36. The lowest BCUT2D eigenvalue weighted by Crippen LogP contribution is -2.50. The van der Waals surface area contributed by atoms with Gasteiger partial charge in [0.15, 0.2) is 0 Å². The van der Waals surface area contributed by atoms with Crippen LogP contribution in [0.15, 0.2) is 29.5 Å². The van der Waals surface area contributed by atoms with Crippen LogP contribution in [0.2, 0.25) is 0 Å². The molecule has 1 aromatic rings. The van der Waals surface area contributed by atoms with Crippen molar-refractivity contribution in [1.82, 2.24) is 20.4 Å². The molecule has 33 heavy (non-hydrogen) atoms. The number of hydrogen-bond donors (Lipinski definition) is 2. The third kappa shape index (κ3) is 5.07. The first-order valence-corrected chi connectivity index (χ1v) is 12.0. The van der Waals surface area contributed by atoms with E-state index in [2.05, 4.69) is 30.5 Å². The van der Waals surface area contributed by atoms with Gasteiger partial charge in [-0.3, -0.25) is 14.5 Å².